The number of ether oxygens (including phenoxy) is 1. The van der Waals surface area contributed by atoms with Crippen LogP contribution in [0.5, 0.6) is 5.75 Å². The van der Waals surface area contributed by atoms with Crippen molar-refractivity contribution in [2.75, 3.05) is 6.61 Å². The SMILES string of the molecule is N=C(N)C(COc1cc(Cl)cc(Cl)c1)C(F)(F)F. The van der Waals surface area contributed by atoms with Crippen molar-refractivity contribution < 1.29 is 17.9 Å². The first-order valence-electron chi connectivity index (χ1n) is 4.69. The zero-order chi connectivity index (χ0) is 13.9. The van der Waals surface area contributed by atoms with Crippen LogP contribution >= 0.6 is 23.2 Å². The summed E-state index contributed by atoms with van der Waals surface area (Å²) in [5, 5.41) is 7.36. The molecule has 100 valence electrons. The van der Waals surface area contributed by atoms with Crippen LogP contribution in [0, 0.1) is 11.3 Å². The number of hydrogen-bond donors (Lipinski definition) is 2. The maximum atomic E-state index is 12.5. The molecule has 8 heteroatoms. The summed E-state index contributed by atoms with van der Waals surface area (Å²) < 4.78 is 42.3. The summed E-state index contributed by atoms with van der Waals surface area (Å²) in [6.07, 6.45) is -4.63. The number of alkyl halides is 3. The average molecular weight is 301 g/mol. The van der Waals surface area contributed by atoms with Gasteiger partial charge >= 0.3 is 6.18 Å². The van der Waals surface area contributed by atoms with Gasteiger partial charge in [-0.2, -0.15) is 13.2 Å². The second-order valence-corrected chi connectivity index (χ2v) is 4.34. The molecule has 1 aromatic rings. The Balaban J connectivity index is 2.76. The molecule has 0 saturated carbocycles. The number of rotatable bonds is 4. The van der Waals surface area contributed by atoms with Crippen LogP contribution in [0.1, 0.15) is 0 Å². The molecular formula is C10H9Cl2F3N2O. The molecular weight excluding hydrogens is 292 g/mol. The van der Waals surface area contributed by atoms with Crippen LogP contribution in [0.3, 0.4) is 0 Å². The van der Waals surface area contributed by atoms with Gasteiger partial charge in [-0.1, -0.05) is 23.2 Å². The quantitative estimate of drug-likeness (QED) is 0.660. The van der Waals surface area contributed by atoms with Gasteiger partial charge in [0.25, 0.3) is 0 Å². The first-order chi connectivity index (χ1) is 8.20. The molecule has 0 spiro atoms. The largest absolute Gasteiger partial charge is 0.492 e. The van der Waals surface area contributed by atoms with Crippen LogP contribution in [-0.2, 0) is 0 Å². The third-order valence-corrected chi connectivity index (χ3v) is 2.46. The lowest BCUT2D eigenvalue weighted by molar-refractivity contribution is -0.162. The second kappa shape index (κ2) is 5.67. The van der Waals surface area contributed by atoms with Crippen LogP contribution in [0.25, 0.3) is 0 Å². The summed E-state index contributed by atoms with van der Waals surface area (Å²) in [6, 6.07) is 4.06. The van der Waals surface area contributed by atoms with E-state index in [1.165, 1.54) is 18.2 Å². The zero-order valence-corrected chi connectivity index (χ0v) is 10.4. The molecule has 0 aliphatic rings. The van der Waals surface area contributed by atoms with E-state index in [1.807, 2.05) is 0 Å². The summed E-state index contributed by atoms with van der Waals surface area (Å²) in [5.41, 5.74) is 4.88. The molecule has 0 heterocycles. The van der Waals surface area contributed by atoms with E-state index in [9.17, 15) is 13.2 Å². The number of halogens is 5. The molecule has 0 aliphatic carbocycles. The van der Waals surface area contributed by atoms with Crippen molar-refractivity contribution in [3.63, 3.8) is 0 Å². The Morgan fingerprint density at radius 2 is 1.78 bits per heavy atom. The predicted octanol–water partition coefficient (Wildman–Crippen LogP) is 3.49. The van der Waals surface area contributed by atoms with Gasteiger partial charge in [-0.05, 0) is 18.2 Å². The van der Waals surface area contributed by atoms with Crippen molar-refractivity contribution in [3.8, 4) is 5.75 Å². The Morgan fingerprint density at radius 1 is 1.28 bits per heavy atom. The maximum Gasteiger partial charge on any atom is 0.401 e. The van der Waals surface area contributed by atoms with E-state index < -0.39 is 24.5 Å². The summed E-state index contributed by atoms with van der Waals surface area (Å²) in [7, 11) is 0. The standard InChI is InChI=1S/C10H9Cl2F3N2O/c11-5-1-6(12)3-7(2-5)18-4-8(9(16)17)10(13,14)15/h1-3,8H,4H2,(H3,16,17). The van der Waals surface area contributed by atoms with E-state index >= 15 is 0 Å². The van der Waals surface area contributed by atoms with Gasteiger partial charge in [-0.25, -0.2) is 0 Å². The van der Waals surface area contributed by atoms with Gasteiger partial charge in [0.2, 0.25) is 0 Å². The van der Waals surface area contributed by atoms with Crippen LogP contribution in [0.15, 0.2) is 18.2 Å². The fourth-order valence-corrected chi connectivity index (χ4v) is 1.66. The fraction of sp³-hybridized carbons (Fsp3) is 0.300. The molecule has 0 aromatic heterocycles. The molecule has 18 heavy (non-hydrogen) atoms. The normalized spacial score (nSPS) is 13.2. The molecule has 3 N–H and O–H groups in total. The monoisotopic (exact) mass is 300 g/mol. The lowest BCUT2D eigenvalue weighted by Crippen LogP contribution is -2.39. The highest BCUT2D eigenvalue weighted by molar-refractivity contribution is 6.34. The van der Waals surface area contributed by atoms with E-state index in [2.05, 4.69) is 0 Å². The Bertz CT molecular complexity index is 431. The third-order valence-electron chi connectivity index (χ3n) is 2.02. The number of amidine groups is 1. The molecule has 1 rings (SSSR count). The van der Waals surface area contributed by atoms with Gasteiger partial charge in [-0.15, -0.1) is 0 Å². The van der Waals surface area contributed by atoms with Crippen molar-refractivity contribution in [2.24, 2.45) is 11.7 Å². The Labute approximate surface area is 111 Å². The van der Waals surface area contributed by atoms with Gasteiger partial charge in [0, 0.05) is 10.0 Å². The van der Waals surface area contributed by atoms with E-state index in [4.69, 9.17) is 39.1 Å². The van der Waals surface area contributed by atoms with Gasteiger partial charge in [0.1, 0.15) is 24.1 Å². The highest BCUT2D eigenvalue weighted by atomic mass is 35.5. The summed E-state index contributed by atoms with van der Waals surface area (Å²) >= 11 is 11.3. The van der Waals surface area contributed by atoms with Crippen LogP contribution in [0.4, 0.5) is 13.2 Å². The molecule has 3 nitrogen and oxygen atoms in total. The highest BCUT2D eigenvalue weighted by Crippen LogP contribution is 2.29. The highest BCUT2D eigenvalue weighted by Gasteiger charge is 2.42. The molecule has 1 atom stereocenters. The predicted molar refractivity (Wildman–Crippen MR) is 63.4 cm³/mol. The van der Waals surface area contributed by atoms with Crippen molar-refractivity contribution in [1.29, 1.82) is 5.41 Å². The van der Waals surface area contributed by atoms with Crippen molar-refractivity contribution >= 4 is 29.0 Å². The number of nitrogens with one attached hydrogen (secondary N) is 1. The lowest BCUT2D eigenvalue weighted by Gasteiger charge is -2.19. The minimum Gasteiger partial charge on any atom is -0.492 e. The second-order valence-electron chi connectivity index (χ2n) is 3.47. The lowest BCUT2D eigenvalue weighted by atomic mass is 10.1. The first-order valence-corrected chi connectivity index (χ1v) is 5.45. The topological polar surface area (TPSA) is 59.1 Å². The molecule has 0 radical (unpaired) electrons. The molecule has 1 aromatic carbocycles. The smallest absolute Gasteiger partial charge is 0.401 e. The molecule has 0 bridgehead atoms. The molecule has 0 aliphatic heterocycles. The molecule has 0 saturated heterocycles. The van der Waals surface area contributed by atoms with E-state index in [0.29, 0.717) is 0 Å². The molecule has 1 unspecified atom stereocenters. The summed E-state index contributed by atoms with van der Waals surface area (Å²) in [5.74, 6) is -3.08. The fourth-order valence-electron chi connectivity index (χ4n) is 1.15. The first kappa shape index (κ1) is 14.9. The third kappa shape index (κ3) is 4.27. The summed E-state index contributed by atoms with van der Waals surface area (Å²) in [4.78, 5) is 0. The van der Waals surface area contributed by atoms with Crippen molar-refractivity contribution in [1.82, 2.24) is 0 Å². The zero-order valence-electron chi connectivity index (χ0n) is 8.89. The van der Waals surface area contributed by atoms with E-state index in [0.717, 1.165) is 0 Å². The number of benzene rings is 1. The Kier molecular flexibility index (Phi) is 4.70. The van der Waals surface area contributed by atoms with Gasteiger partial charge < -0.3 is 10.5 Å². The van der Waals surface area contributed by atoms with E-state index in [-0.39, 0.29) is 15.8 Å². The maximum absolute atomic E-state index is 12.5. The Hall–Kier alpha value is -1.14. The van der Waals surface area contributed by atoms with Crippen LogP contribution in [-0.4, -0.2) is 18.6 Å². The van der Waals surface area contributed by atoms with Gasteiger partial charge in [0.15, 0.2) is 0 Å². The number of hydrogen-bond acceptors (Lipinski definition) is 2. The van der Waals surface area contributed by atoms with Gasteiger partial charge in [0.05, 0.1) is 0 Å². The molecule has 0 amide bonds. The minimum absolute atomic E-state index is 0.0861. The van der Waals surface area contributed by atoms with E-state index in [1.54, 1.807) is 0 Å². The van der Waals surface area contributed by atoms with Crippen LogP contribution < -0.4 is 10.5 Å². The molecule has 0 fully saturated rings. The van der Waals surface area contributed by atoms with Crippen molar-refractivity contribution in [2.45, 2.75) is 6.18 Å². The number of nitrogens with two attached hydrogens (primary N) is 1. The summed E-state index contributed by atoms with van der Waals surface area (Å²) in [6.45, 7) is -0.796. The Morgan fingerprint density at radius 3 is 2.17 bits per heavy atom. The van der Waals surface area contributed by atoms with Crippen molar-refractivity contribution in [3.05, 3.63) is 28.2 Å². The minimum atomic E-state index is -4.63. The van der Waals surface area contributed by atoms with Gasteiger partial charge in [-0.3, -0.25) is 5.41 Å². The average Bonchev–Trinajstić information content (AvgIpc) is 2.12. The van der Waals surface area contributed by atoms with Crippen LogP contribution in [0.2, 0.25) is 10.0 Å².